The van der Waals surface area contributed by atoms with Gasteiger partial charge in [0.25, 0.3) is 0 Å². The number of hydrogen-bond donors (Lipinski definition) is 3. The lowest BCUT2D eigenvalue weighted by Crippen LogP contribution is -2.13. The summed E-state index contributed by atoms with van der Waals surface area (Å²) in [6.07, 6.45) is 0. The zero-order chi connectivity index (χ0) is 6.41. The molecule has 0 aliphatic rings. The van der Waals surface area contributed by atoms with Gasteiger partial charge in [0.15, 0.2) is 0 Å². The van der Waals surface area contributed by atoms with E-state index in [4.69, 9.17) is 5.73 Å². The van der Waals surface area contributed by atoms with Crippen LogP contribution in [-0.4, -0.2) is 6.54 Å². The highest BCUT2D eigenvalue weighted by molar-refractivity contribution is 4.89. The molecule has 46 valence electrons. The number of nitrogens with zero attached hydrogens (tertiary/aromatic N) is 2. The Balaban J connectivity index is 3.25. The van der Waals surface area contributed by atoms with Gasteiger partial charge in [-0.3, -0.25) is 5.43 Å². The Morgan fingerprint density at radius 2 is 2.38 bits per heavy atom. The number of nitrogens with one attached hydrogen (secondary N) is 1. The maximum Gasteiger partial charge on any atom is 0.0418 e. The molecule has 0 aromatic rings. The van der Waals surface area contributed by atoms with Crippen molar-refractivity contribution in [1.82, 2.24) is 5.43 Å². The lowest BCUT2D eigenvalue weighted by molar-refractivity contribution is 0.763. The number of nitrogens with two attached hydrogens (primary N) is 2. The van der Waals surface area contributed by atoms with E-state index in [-0.39, 0.29) is 0 Å². The Morgan fingerprint density at radius 3 is 2.75 bits per heavy atom. The number of rotatable bonds is 3. The molecule has 5 heteroatoms. The van der Waals surface area contributed by atoms with Crippen molar-refractivity contribution in [2.75, 3.05) is 6.54 Å². The second-order valence-corrected chi connectivity index (χ2v) is 1.13. The molecule has 0 spiro atoms. The number of hydrogen-bond acceptors (Lipinski definition) is 3. The van der Waals surface area contributed by atoms with E-state index < -0.39 is 0 Å². The van der Waals surface area contributed by atoms with Crippen LogP contribution in [0.3, 0.4) is 0 Å². The predicted octanol–water partition coefficient (Wildman–Crippen LogP) is -0.711. The van der Waals surface area contributed by atoms with Gasteiger partial charge < -0.3 is 11.6 Å². The summed E-state index contributed by atoms with van der Waals surface area (Å²) in [6.45, 7) is 3.80. The third-order valence-corrected chi connectivity index (χ3v) is 0.512. The Morgan fingerprint density at radius 1 is 1.75 bits per heavy atom. The van der Waals surface area contributed by atoms with Crippen molar-refractivity contribution in [2.45, 2.75) is 0 Å². The van der Waals surface area contributed by atoms with Crippen molar-refractivity contribution in [3.05, 3.63) is 12.3 Å². The molecule has 0 unspecified atom stereocenters. The van der Waals surface area contributed by atoms with Gasteiger partial charge in [-0.1, -0.05) is 17.0 Å². The van der Waals surface area contributed by atoms with E-state index in [9.17, 15) is 0 Å². The largest absolute Gasteiger partial charge is 0.325 e. The topological polar surface area (TPSA) is 88.8 Å². The molecule has 0 aromatic carbocycles. The first kappa shape index (κ1) is 6.90. The lowest BCUT2D eigenvalue weighted by Gasteiger charge is -1.94. The van der Waals surface area contributed by atoms with Gasteiger partial charge in [0, 0.05) is 12.2 Å². The average molecular weight is 115 g/mol. The molecule has 0 saturated heterocycles. The van der Waals surface area contributed by atoms with Gasteiger partial charge in [0.05, 0.1) is 0 Å². The zero-order valence-corrected chi connectivity index (χ0v) is 4.46. The van der Waals surface area contributed by atoms with Crippen molar-refractivity contribution in [3.8, 4) is 0 Å². The third-order valence-electron chi connectivity index (χ3n) is 0.512. The van der Waals surface area contributed by atoms with Crippen LogP contribution in [0, 0.1) is 0 Å². The Labute approximate surface area is 47.4 Å². The fourth-order valence-electron chi connectivity index (χ4n) is 0.145. The second kappa shape index (κ2) is 4.07. The molecule has 0 saturated carbocycles. The maximum atomic E-state index is 5.11. The first-order chi connectivity index (χ1) is 3.81. The van der Waals surface area contributed by atoms with Crippen molar-refractivity contribution in [3.63, 3.8) is 0 Å². The molecule has 0 aliphatic carbocycles. The summed E-state index contributed by atoms with van der Waals surface area (Å²) in [7, 11) is 0. The standard InChI is InChI=1S/C3H9N5/c1-3(2-4)6-8-7-5/h1-2,4H2,(H2,5,8)(H,6,7). The summed E-state index contributed by atoms with van der Waals surface area (Å²) in [4.78, 5) is 0. The summed E-state index contributed by atoms with van der Waals surface area (Å²) in [6, 6.07) is 0. The van der Waals surface area contributed by atoms with Crippen LogP contribution in [0.2, 0.25) is 0 Å². The molecule has 0 aromatic heterocycles. The van der Waals surface area contributed by atoms with Gasteiger partial charge in [-0.2, -0.15) is 0 Å². The van der Waals surface area contributed by atoms with Crippen molar-refractivity contribution in [1.29, 1.82) is 0 Å². The normalized spacial score (nSPS) is 9.62. The van der Waals surface area contributed by atoms with Gasteiger partial charge >= 0.3 is 0 Å². The summed E-state index contributed by atoms with van der Waals surface area (Å²) in [5.41, 5.74) is 8.09. The molecule has 8 heavy (non-hydrogen) atoms. The molecule has 0 radical (unpaired) electrons. The molecule has 0 atom stereocenters. The van der Waals surface area contributed by atoms with E-state index in [2.05, 4.69) is 28.3 Å². The van der Waals surface area contributed by atoms with Crippen molar-refractivity contribution in [2.24, 2.45) is 22.0 Å². The van der Waals surface area contributed by atoms with Gasteiger partial charge in [-0.25, -0.2) is 0 Å². The molecule has 0 bridgehead atoms. The molecular weight excluding hydrogens is 106 g/mol. The van der Waals surface area contributed by atoms with Crippen molar-refractivity contribution >= 4 is 0 Å². The fourth-order valence-corrected chi connectivity index (χ4v) is 0.145. The Hall–Kier alpha value is -1.10. The molecule has 5 N–H and O–H groups in total. The van der Waals surface area contributed by atoms with E-state index in [0.717, 1.165) is 0 Å². The Bertz CT molecular complexity index is 95.8. The van der Waals surface area contributed by atoms with Crippen molar-refractivity contribution < 1.29 is 0 Å². The summed E-state index contributed by atoms with van der Waals surface area (Å²) < 4.78 is 0. The first-order valence-corrected chi connectivity index (χ1v) is 2.05. The summed E-state index contributed by atoms with van der Waals surface area (Å²) in [5.74, 6) is 4.65. The predicted molar refractivity (Wildman–Crippen MR) is 30.4 cm³/mol. The molecule has 0 amide bonds. The van der Waals surface area contributed by atoms with E-state index in [1.165, 1.54) is 0 Å². The van der Waals surface area contributed by atoms with Gasteiger partial charge in [-0.05, 0) is 0 Å². The van der Waals surface area contributed by atoms with Gasteiger partial charge in [0.2, 0.25) is 0 Å². The van der Waals surface area contributed by atoms with Crippen LogP contribution in [0.1, 0.15) is 0 Å². The second-order valence-electron chi connectivity index (χ2n) is 1.13. The minimum absolute atomic E-state index is 0.332. The zero-order valence-electron chi connectivity index (χ0n) is 4.46. The van der Waals surface area contributed by atoms with E-state index in [1.807, 2.05) is 0 Å². The lowest BCUT2D eigenvalue weighted by atomic mass is 10.5. The highest BCUT2D eigenvalue weighted by Gasteiger charge is 1.80. The van der Waals surface area contributed by atoms with Crippen LogP contribution in [0.5, 0.6) is 0 Å². The molecular formula is C3H9N5. The minimum atomic E-state index is 0.332. The van der Waals surface area contributed by atoms with E-state index in [1.54, 1.807) is 0 Å². The smallest absolute Gasteiger partial charge is 0.0418 e. The van der Waals surface area contributed by atoms with Crippen LogP contribution in [0.25, 0.3) is 0 Å². The Kier molecular flexibility index (Phi) is 3.51. The van der Waals surface area contributed by atoms with Crippen LogP contribution < -0.4 is 17.0 Å². The highest BCUT2D eigenvalue weighted by atomic mass is 15.5. The van der Waals surface area contributed by atoms with Crippen LogP contribution in [0.15, 0.2) is 22.7 Å². The molecule has 0 heterocycles. The molecule has 0 fully saturated rings. The maximum absolute atomic E-state index is 5.11. The van der Waals surface area contributed by atoms with Gasteiger partial charge in [0.1, 0.15) is 0 Å². The van der Waals surface area contributed by atoms with Gasteiger partial charge in [-0.15, -0.1) is 0 Å². The van der Waals surface area contributed by atoms with Crippen LogP contribution in [0.4, 0.5) is 0 Å². The van der Waals surface area contributed by atoms with Crippen LogP contribution >= 0.6 is 0 Å². The monoisotopic (exact) mass is 115 g/mol. The van der Waals surface area contributed by atoms with E-state index >= 15 is 0 Å². The van der Waals surface area contributed by atoms with Crippen LogP contribution in [-0.2, 0) is 0 Å². The summed E-state index contributed by atoms with van der Waals surface area (Å²) in [5, 5.41) is 6.14. The fraction of sp³-hybridized carbons (Fsp3) is 0.333. The molecule has 5 nitrogen and oxygen atoms in total. The highest BCUT2D eigenvalue weighted by Crippen LogP contribution is 1.74. The van der Waals surface area contributed by atoms with E-state index in [0.29, 0.717) is 12.2 Å². The average Bonchev–Trinajstić information content (AvgIpc) is 1.83. The third kappa shape index (κ3) is 3.10. The molecule has 0 rings (SSSR count). The SMILES string of the molecule is C=C(CN)N/N=N\N. The minimum Gasteiger partial charge on any atom is -0.325 e. The first-order valence-electron chi connectivity index (χ1n) is 2.05. The quantitative estimate of drug-likeness (QED) is 0.258. The summed E-state index contributed by atoms with van der Waals surface area (Å²) >= 11 is 0. The molecule has 0 aliphatic heterocycles.